The number of amides is 3. The van der Waals surface area contributed by atoms with Crippen LogP contribution in [-0.4, -0.2) is 29.8 Å². The molecule has 2 atom stereocenters. The molecule has 1 unspecified atom stereocenters. The van der Waals surface area contributed by atoms with Gasteiger partial charge < -0.3 is 21.7 Å². The number of rotatable bonds is 12. The fourth-order valence-electron chi connectivity index (χ4n) is 4.77. The highest BCUT2D eigenvalue weighted by Crippen LogP contribution is 2.28. The van der Waals surface area contributed by atoms with Gasteiger partial charge in [0.25, 0.3) is 0 Å². The van der Waals surface area contributed by atoms with Gasteiger partial charge in [-0.2, -0.15) is 0 Å². The lowest BCUT2D eigenvalue weighted by Crippen LogP contribution is -2.54. The first-order valence-electron chi connectivity index (χ1n) is 13.4. The number of halogens is 2. The third-order valence-electron chi connectivity index (χ3n) is 7.05. The Morgan fingerprint density at radius 2 is 1.53 bits per heavy atom. The van der Waals surface area contributed by atoms with Crippen molar-refractivity contribution in [3.8, 4) is 0 Å². The molecule has 0 aliphatic heterocycles. The van der Waals surface area contributed by atoms with E-state index in [1.807, 2.05) is 24.3 Å². The summed E-state index contributed by atoms with van der Waals surface area (Å²) in [5, 5.41) is 9.51. The molecule has 5 N–H and O–H groups in total. The Morgan fingerprint density at radius 3 is 2.16 bits per heavy atom. The third kappa shape index (κ3) is 9.29. The molecule has 1 saturated carbocycles. The molecule has 2 aromatic rings. The smallest absolute Gasteiger partial charge is 0.243 e. The van der Waals surface area contributed by atoms with Crippen molar-refractivity contribution in [1.29, 1.82) is 0 Å². The van der Waals surface area contributed by atoms with Crippen molar-refractivity contribution in [1.82, 2.24) is 16.0 Å². The molecule has 0 spiro atoms. The van der Waals surface area contributed by atoms with Crippen LogP contribution in [0.2, 0.25) is 10.0 Å². The first-order chi connectivity index (χ1) is 18.3. The fourth-order valence-corrected chi connectivity index (χ4v) is 5.09. The molecule has 7 nitrogen and oxygen atoms in total. The molecule has 9 heteroatoms. The molecule has 3 amide bonds. The van der Waals surface area contributed by atoms with E-state index < -0.39 is 12.1 Å². The van der Waals surface area contributed by atoms with Gasteiger partial charge in [-0.25, -0.2) is 0 Å². The molecular weight excluding hydrogens is 523 g/mol. The summed E-state index contributed by atoms with van der Waals surface area (Å²) in [6, 6.07) is 11.2. The van der Waals surface area contributed by atoms with Gasteiger partial charge in [0.15, 0.2) is 0 Å². The van der Waals surface area contributed by atoms with Crippen LogP contribution in [0.15, 0.2) is 42.5 Å². The van der Waals surface area contributed by atoms with E-state index in [1.54, 1.807) is 25.1 Å². The van der Waals surface area contributed by atoms with E-state index in [9.17, 15) is 14.4 Å². The zero-order valence-corrected chi connectivity index (χ0v) is 23.4. The Morgan fingerprint density at radius 1 is 0.868 bits per heavy atom. The molecule has 0 radical (unpaired) electrons. The van der Waals surface area contributed by atoms with E-state index in [0.717, 1.165) is 42.4 Å². The summed E-state index contributed by atoms with van der Waals surface area (Å²) in [7, 11) is 0. The number of hydrogen-bond acceptors (Lipinski definition) is 4. The van der Waals surface area contributed by atoms with Gasteiger partial charge >= 0.3 is 0 Å². The van der Waals surface area contributed by atoms with Gasteiger partial charge in [-0.05, 0) is 41.2 Å². The van der Waals surface area contributed by atoms with E-state index in [-0.39, 0.29) is 30.6 Å². The number of carbonyl (C=O) groups excluding carboxylic acids is 3. The lowest BCUT2D eigenvalue weighted by atomic mass is 9.84. The molecule has 0 bridgehead atoms. The average molecular weight is 562 g/mol. The van der Waals surface area contributed by atoms with Crippen molar-refractivity contribution >= 4 is 40.9 Å². The zero-order valence-electron chi connectivity index (χ0n) is 21.9. The molecular formula is C29H38Cl2N4O3. The molecule has 0 heterocycles. The highest BCUT2D eigenvalue weighted by atomic mass is 35.5. The van der Waals surface area contributed by atoms with E-state index in [1.165, 1.54) is 6.42 Å². The van der Waals surface area contributed by atoms with Crippen molar-refractivity contribution in [3.05, 3.63) is 69.2 Å². The molecule has 0 saturated heterocycles. The van der Waals surface area contributed by atoms with Crippen LogP contribution in [0, 0.1) is 5.92 Å². The van der Waals surface area contributed by atoms with E-state index in [4.69, 9.17) is 28.9 Å². The zero-order chi connectivity index (χ0) is 27.5. The summed E-state index contributed by atoms with van der Waals surface area (Å²) in [5.41, 5.74) is 8.35. The Labute approximate surface area is 235 Å². The summed E-state index contributed by atoms with van der Waals surface area (Å²) in [6.07, 6.45) is 6.62. The highest BCUT2D eigenvalue weighted by Gasteiger charge is 2.29. The monoisotopic (exact) mass is 560 g/mol. The molecule has 1 fully saturated rings. The number of nitrogens with one attached hydrogen (secondary N) is 3. The second-order valence-electron chi connectivity index (χ2n) is 9.97. The maximum Gasteiger partial charge on any atom is 0.243 e. The Bertz CT molecular complexity index is 1090. The van der Waals surface area contributed by atoms with Gasteiger partial charge in [-0.15, -0.1) is 0 Å². The molecule has 1 aliphatic carbocycles. The van der Waals surface area contributed by atoms with Crippen LogP contribution in [0.1, 0.15) is 68.6 Å². The largest absolute Gasteiger partial charge is 0.350 e. The van der Waals surface area contributed by atoms with Crippen LogP contribution >= 0.6 is 23.2 Å². The van der Waals surface area contributed by atoms with Crippen molar-refractivity contribution in [2.24, 2.45) is 11.7 Å². The van der Waals surface area contributed by atoms with Crippen LogP contribution < -0.4 is 21.7 Å². The van der Waals surface area contributed by atoms with E-state index >= 15 is 0 Å². The predicted octanol–water partition coefficient (Wildman–Crippen LogP) is 4.66. The quantitative estimate of drug-likeness (QED) is 0.302. The molecule has 206 valence electrons. The van der Waals surface area contributed by atoms with E-state index in [0.29, 0.717) is 35.5 Å². The van der Waals surface area contributed by atoms with Crippen LogP contribution in [-0.2, 0) is 33.9 Å². The van der Waals surface area contributed by atoms with Crippen LogP contribution in [0.3, 0.4) is 0 Å². The van der Waals surface area contributed by atoms with Gasteiger partial charge in [-0.1, -0.05) is 92.6 Å². The number of carbonyl (C=O) groups is 3. The predicted molar refractivity (Wildman–Crippen MR) is 152 cm³/mol. The van der Waals surface area contributed by atoms with Gasteiger partial charge in [0.05, 0.1) is 10.0 Å². The fraction of sp³-hybridized carbons (Fsp3) is 0.483. The number of nitrogens with two attached hydrogens (primary N) is 1. The Kier molecular flexibility index (Phi) is 11.9. The second-order valence-corrected chi connectivity index (χ2v) is 10.8. The van der Waals surface area contributed by atoms with Gasteiger partial charge in [0.2, 0.25) is 17.7 Å². The van der Waals surface area contributed by atoms with Gasteiger partial charge in [0, 0.05) is 25.9 Å². The van der Waals surface area contributed by atoms with Crippen molar-refractivity contribution in [3.63, 3.8) is 0 Å². The molecule has 2 aromatic carbocycles. The Hall–Kier alpha value is -2.61. The molecule has 38 heavy (non-hydrogen) atoms. The summed E-state index contributed by atoms with van der Waals surface area (Å²) >= 11 is 12.3. The number of hydrogen-bond donors (Lipinski definition) is 4. The first-order valence-corrected chi connectivity index (χ1v) is 14.1. The van der Waals surface area contributed by atoms with Crippen LogP contribution in [0.5, 0.6) is 0 Å². The molecule has 3 rings (SSSR count). The first kappa shape index (κ1) is 29.9. The highest BCUT2D eigenvalue weighted by molar-refractivity contribution is 6.42. The summed E-state index contributed by atoms with van der Waals surface area (Å²) < 4.78 is 0. The summed E-state index contributed by atoms with van der Waals surface area (Å²) in [5.74, 6) is -0.502. The molecule has 1 aliphatic rings. The molecule has 0 aromatic heterocycles. The standard InChI is InChI=1S/C29H38Cl2N4O3/c1-2-27(36)34-26(15-19-6-4-3-5-7-19)29(38)35-25(16-22-12-13-23(30)24(31)14-22)28(37)33-18-21-10-8-20(17-32)9-11-21/h8-14,19,25-26H,2-7,15-18,32H2,1H3,(H,33,37)(H,34,36)(H,35,38)/t25-,26?/m0/s1. The minimum Gasteiger partial charge on any atom is -0.350 e. The van der Waals surface area contributed by atoms with Crippen molar-refractivity contribution < 1.29 is 14.4 Å². The van der Waals surface area contributed by atoms with Gasteiger partial charge in [0.1, 0.15) is 12.1 Å². The lowest BCUT2D eigenvalue weighted by molar-refractivity contribution is -0.132. The van der Waals surface area contributed by atoms with Crippen molar-refractivity contribution in [2.75, 3.05) is 0 Å². The van der Waals surface area contributed by atoms with E-state index in [2.05, 4.69) is 16.0 Å². The van der Waals surface area contributed by atoms with Gasteiger partial charge in [-0.3, -0.25) is 14.4 Å². The SMILES string of the molecule is CCC(=O)NC(CC1CCCCC1)C(=O)N[C@@H](Cc1ccc(Cl)c(Cl)c1)C(=O)NCc1ccc(CN)cc1. The summed E-state index contributed by atoms with van der Waals surface area (Å²) in [6.45, 7) is 2.50. The van der Waals surface area contributed by atoms with Crippen LogP contribution in [0.4, 0.5) is 0 Å². The topological polar surface area (TPSA) is 113 Å². The third-order valence-corrected chi connectivity index (χ3v) is 7.79. The normalized spacial score (nSPS) is 15.4. The Balaban J connectivity index is 1.75. The average Bonchev–Trinajstić information content (AvgIpc) is 2.93. The van der Waals surface area contributed by atoms with Crippen LogP contribution in [0.25, 0.3) is 0 Å². The maximum atomic E-state index is 13.5. The minimum atomic E-state index is -0.865. The summed E-state index contributed by atoms with van der Waals surface area (Å²) in [4.78, 5) is 39.1. The maximum absolute atomic E-state index is 13.5. The second kappa shape index (κ2) is 15.1. The number of benzene rings is 2. The van der Waals surface area contributed by atoms with Crippen molar-refractivity contribution in [2.45, 2.75) is 83.5 Å². The lowest BCUT2D eigenvalue weighted by Gasteiger charge is -2.28. The minimum absolute atomic E-state index is 0.188.